The molecule has 2 aromatic rings. The van der Waals surface area contributed by atoms with Crippen LogP contribution in [0.3, 0.4) is 0 Å². The zero-order valence-corrected chi connectivity index (χ0v) is 19.3. The number of ether oxygens (including phenoxy) is 1. The fraction of sp³-hybridized carbons (Fsp3) is 0.480. The lowest BCUT2D eigenvalue weighted by atomic mass is 10.1. The van der Waals surface area contributed by atoms with E-state index in [1.807, 2.05) is 21.3 Å². The number of hydrogen-bond donors (Lipinski definition) is 0. The summed E-state index contributed by atoms with van der Waals surface area (Å²) in [6.45, 7) is 9.71. The molecule has 0 N–H and O–H groups in total. The normalized spacial score (nSPS) is 17.7. The van der Waals surface area contributed by atoms with E-state index >= 15 is 0 Å². The van der Waals surface area contributed by atoms with Crippen LogP contribution in [-0.4, -0.2) is 16.2 Å². The fourth-order valence-electron chi connectivity index (χ4n) is 3.98. The SMILES string of the molecule is C=C(C)C1CC1/C=C/Cn1cc(CCCc2ccc(OC)cc2)n(CCC)c1=O.Cl. The first-order chi connectivity index (χ1) is 14.0. The van der Waals surface area contributed by atoms with Gasteiger partial charge in [-0.2, -0.15) is 0 Å². The van der Waals surface area contributed by atoms with Crippen molar-refractivity contribution in [2.24, 2.45) is 11.8 Å². The van der Waals surface area contributed by atoms with Gasteiger partial charge in [0, 0.05) is 25.0 Å². The summed E-state index contributed by atoms with van der Waals surface area (Å²) in [5, 5.41) is 0. The average molecular weight is 431 g/mol. The quantitative estimate of drug-likeness (QED) is 0.445. The standard InChI is InChI=1S/C25H34N2O2.ClH/c1-5-15-27-22(10-6-8-20-11-13-23(29-4)14-12-20)18-26(25(27)28)16-7-9-21-17-24(21)19(2)3;/h7,9,11-14,18,21,24H,2,5-6,8,10,15-17H2,1,3-4H3;1H/b9-7+;. The molecule has 1 aromatic heterocycles. The van der Waals surface area contributed by atoms with Crippen molar-refractivity contribution in [1.29, 1.82) is 0 Å². The van der Waals surface area contributed by atoms with Crippen LogP contribution in [0.2, 0.25) is 0 Å². The number of nitrogens with zero attached hydrogens (tertiary/aromatic N) is 2. The summed E-state index contributed by atoms with van der Waals surface area (Å²) in [7, 11) is 1.69. The molecule has 0 bridgehead atoms. The van der Waals surface area contributed by atoms with Crippen molar-refractivity contribution in [3.05, 3.63) is 76.5 Å². The van der Waals surface area contributed by atoms with E-state index in [4.69, 9.17) is 4.74 Å². The maximum atomic E-state index is 12.8. The second-order valence-corrected chi connectivity index (χ2v) is 8.19. The molecule has 5 heteroatoms. The Bertz CT molecular complexity index is 908. The molecular formula is C25H35ClN2O2. The van der Waals surface area contributed by atoms with Crippen molar-refractivity contribution in [3.8, 4) is 5.75 Å². The molecular weight excluding hydrogens is 396 g/mol. The third-order valence-electron chi connectivity index (χ3n) is 5.79. The van der Waals surface area contributed by atoms with E-state index in [1.54, 1.807) is 7.11 Å². The molecule has 1 aliphatic carbocycles. The van der Waals surface area contributed by atoms with Crippen LogP contribution in [0.25, 0.3) is 0 Å². The Morgan fingerprint density at radius 2 is 2.00 bits per heavy atom. The largest absolute Gasteiger partial charge is 0.497 e. The summed E-state index contributed by atoms with van der Waals surface area (Å²) < 4.78 is 9.03. The molecule has 164 valence electrons. The molecule has 30 heavy (non-hydrogen) atoms. The molecule has 2 atom stereocenters. The molecule has 1 aromatic carbocycles. The minimum Gasteiger partial charge on any atom is -0.497 e. The number of imidazole rings is 1. The maximum Gasteiger partial charge on any atom is 0.328 e. The first-order valence-electron chi connectivity index (χ1n) is 10.8. The summed E-state index contributed by atoms with van der Waals surface area (Å²) in [6.07, 6.45) is 11.6. The van der Waals surface area contributed by atoms with Gasteiger partial charge in [0.05, 0.1) is 7.11 Å². The Balaban J connectivity index is 0.00000320. The molecule has 3 rings (SSSR count). The van der Waals surface area contributed by atoms with Gasteiger partial charge < -0.3 is 4.74 Å². The average Bonchev–Trinajstić information content (AvgIpc) is 3.44. The highest BCUT2D eigenvalue weighted by atomic mass is 35.5. The van der Waals surface area contributed by atoms with Crippen LogP contribution >= 0.6 is 12.4 Å². The summed E-state index contributed by atoms with van der Waals surface area (Å²) in [5.41, 5.74) is 3.83. The van der Waals surface area contributed by atoms with Crippen LogP contribution in [0, 0.1) is 11.8 Å². The highest BCUT2D eigenvalue weighted by Gasteiger charge is 2.34. The molecule has 1 heterocycles. The van der Waals surface area contributed by atoms with Gasteiger partial charge in [-0.25, -0.2) is 4.79 Å². The fourth-order valence-corrected chi connectivity index (χ4v) is 3.98. The second kappa shape index (κ2) is 11.3. The summed E-state index contributed by atoms with van der Waals surface area (Å²) >= 11 is 0. The highest BCUT2D eigenvalue weighted by molar-refractivity contribution is 5.85. The minimum atomic E-state index is 0. The number of methoxy groups -OCH3 is 1. The van der Waals surface area contributed by atoms with E-state index in [-0.39, 0.29) is 18.1 Å². The molecule has 4 nitrogen and oxygen atoms in total. The second-order valence-electron chi connectivity index (χ2n) is 8.19. The van der Waals surface area contributed by atoms with Crippen LogP contribution in [0.15, 0.2) is 59.6 Å². The number of halogens is 1. The summed E-state index contributed by atoms with van der Waals surface area (Å²) in [5.74, 6) is 2.14. The number of aromatic nitrogens is 2. The van der Waals surface area contributed by atoms with Crippen LogP contribution in [0.4, 0.5) is 0 Å². The maximum absolute atomic E-state index is 12.8. The third kappa shape index (κ3) is 6.15. The monoisotopic (exact) mass is 430 g/mol. The molecule has 0 amide bonds. The van der Waals surface area contributed by atoms with Gasteiger partial charge in [0.15, 0.2) is 0 Å². The lowest BCUT2D eigenvalue weighted by Gasteiger charge is -2.06. The zero-order valence-electron chi connectivity index (χ0n) is 18.5. The van der Waals surface area contributed by atoms with E-state index in [0.29, 0.717) is 18.4 Å². The van der Waals surface area contributed by atoms with Crippen LogP contribution in [-0.2, 0) is 25.9 Å². The van der Waals surface area contributed by atoms with Crippen molar-refractivity contribution in [2.75, 3.05) is 7.11 Å². The predicted molar refractivity (Wildman–Crippen MR) is 127 cm³/mol. The number of hydrogen-bond acceptors (Lipinski definition) is 2. The van der Waals surface area contributed by atoms with Crippen LogP contribution in [0.1, 0.15) is 44.4 Å². The Morgan fingerprint density at radius 3 is 2.60 bits per heavy atom. The van der Waals surface area contributed by atoms with Crippen molar-refractivity contribution in [1.82, 2.24) is 9.13 Å². The first kappa shape index (κ1) is 24.1. The van der Waals surface area contributed by atoms with Gasteiger partial charge >= 0.3 is 5.69 Å². The molecule has 0 saturated heterocycles. The Labute approximate surface area is 186 Å². The molecule has 0 spiro atoms. The minimum absolute atomic E-state index is 0. The van der Waals surface area contributed by atoms with Gasteiger partial charge in [0.25, 0.3) is 0 Å². The lowest BCUT2D eigenvalue weighted by molar-refractivity contribution is 0.414. The Hall–Kier alpha value is -2.20. The molecule has 1 aliphatic rings. The van der Waals surface area contributed by atoms with E-state index in [9.17, 15) is 4.79 Å². The lowest BCUT2D eigenvalue weighted by Crippen LogP contribution is -2.24. The number of rotatable bonds is 11. The van der Waals surface area contributed by atoms with Crippen molar-refractivity contribution in [3.63, 3.8) is 0 Å². The van der Waals surface area contributed by atoms with Gasteiger partial charge in [-0.15, -0.1) is 12.4 Å². The molecule has 2 unspecified atom stereocenters. The molecule has 1 fully saturated rings. The van der Waals surface area contributed by atoms with Gasteiger partial charge in [0.2, 0.25) is 0 Å². The van der Waals surface area contributed by atoms with Gasteiger partial charge in [-0.3, -0.25) is 9.13 Å². The molecule has 0 radical (unpaired) electrons. The van der Waals surface area contributed by atoms with E-state index in [1.165, 1.54) is 17.6 Å². The van der Waals surface area contributed by atoms with Crippen molar-refractivity contribution in [2.45, 2.75) is 59.0 Å². The van der Waals surface area contributed by atoms with E-state index < -0.39 is 0 Å². The predicted octanol–water partition coefficient (Wildman–Crippen LogP) is 5.43. The van der Waals surface area contributed by atoms with Crippen LogP contribution in [0.5, 0.6) is 5.75 Å². The zero-order chi connectivity index (χ0) is 20.8. The van der Waals surface area contributed by atoms with E-state index in [2.05, 4.69) is 50.9 Å². The van der Waals surface area contributed by atoms with Crippen LogP contribution < -0.4 is 10.4 Å². The van der Waals surface area contributed by atoms with Gasteiger partial charge in [-0.1, -0.05) is 43.4 Å². The number of aryl methyl sites for hydroxylation is 2. The first-order valence-corrected chi connectivity index (χ1v) is 10.8. The highest BCUT2D eigenvalue weighted by Crippen LogP contribution is 2.44. The Morgan fingerprint density at radius 1 is 1.27 bits per heavy atom. The van der Waals surface area contributed by atoms with Crippen molar-refractivity contribution < 1.29 is 4.74 Å². The van der Waals surface area contributed by atoms with Gasteiger partial charge in [0.1, 0.15) is 5.75 Å². The smallest absolute Gasteiger partial charge is 0.328 e. The number of allylic oxidation sites excluding steroid dienone is 3. The Kier molecular flexibility index (Phi) is 9.04. The molecule has 0 aliphatic heterocycles. The summed E-state index contributed by atoms with van der Waals surface area (Å²) in [6, 6.07) is 8.24. The summed E-state index contributed by atoms with van der Waals surface area (Å²) in [4.78, 5) is 12.8. The third-order valence-corrected chi connectivity index (χ3v) is 5.79. The number of benzene rings is 1. The van der Waals surface area contributed by atoms with Crippen molar-refractivity contribution >= 4 is 12.4 Å². The van der Waals surface area contributed by atoms with Gasteiger partial charge in [-0.05, 0) is 68.6 Å². The van der Waals surface area contributed by atoms with E-state index in [0.717, 1.165) is 43.7 Å². The molecule has 1 saturated carbocycles. The topological polar surface area (TPSA) is 36.2 Å².